The number of amides is 2. The van der Waals surface area contributed by atoms with Gasteiger partial charge in [-0.3, -0.25) is 9.59 Å². The molecule has 1 aromatic heterocycles. The van der Waals surface area contributed by atoms with Gasteiger partial charge in [0.25, 0.3) is 0 Å². The van der Waals surface area contributed by atoms with Gasteiger partial charge in [-0.15, -0.1) is 0 Å². The number of likely N-dealkylation sites (tertiary alicyclic amines) is 1. The van der Waals surface area contributed by atoms with E-state index in [1.54, 1.807) is 18.2 Å². The number of piperidine rings is 1. The first-order chi connectivity index (χ1) is 15.5. The van der Waals surface area contributed by atoms with Crippen LogP contribution in [0.2, 0.25) is 0 Å². The molecule has 7 nitrogen and oxygen atoms in total. The third kappa shape index (κ3) is 5.29. The molecular formula is C25H26N4O3. The minimum atomic E-state index is -0.121. The van der Waals surface area contributed by atoms with Crippen molar-refractivity contribution >= 4 is 23.6 Å². The molecule has 3 aromatic rings. The number of aromatic nitrogens is 2. The quantitative estimate of drug-likeness (QED) is 0.605. The van der Waals surface area contributed by atoms with Gasteiger partial charge in [-0.25, -0.2) is 0 Å². The molecule has 0 unspecified atom stereocenters. The van der Waals surface area contributed by atoms with Crippen molar-refractivity contribution in [2.75, 3.05) is 18.4 Å². The predicted molar refractivity (Wildman–Crippen MR) is 123 cm³/mol. The van der Waals surface area contributed by atoms with Crippen LogP contribution in [-0.4, -0.2) is 39.9 Å². The van der Waals surface area contributed by atoms with Crippen molar-refractivity contribution in [2.45, 2.75) is 32.6 Å². The lowest BCUT2D eigenvalue weighted by Crippen LogP contribution is -2.38. The zero-order valence-electron chi connectivity index (χ0n) is 18.2. The zero-order valence-corrected chi connectivity index (χ0v) is 18.2. The van der Waals surface area contributed by atoms with Gasteiger partial charge in [-0.2, -0.15) is 4.98 Å². The fraction of sp³-hybridized carbons (Fsp3) is 0.280. The molecule has 1 N–H and O–H groups in total. The first-order valence-corrected chi connectivity index (χ1v) is 10.7. The largest absolute Gasteiger partial charge is 0.339 e. The first kappa shape index (κ1) is 21.5. The molecule has 0 aliphatic carbocycles. The molecule has 1 fully saturated rings. The van der Waals surface area contributed by atoms with Crippen LogP contribution in [0.15, 0.2) is 59.1 Å². The summed E-state index contributed by atoms with van der Waals surface area (Å²) in [4.78, 5) is 30.3. The number of hydrogen-bond acceptors (Lipinski definition) is 5. The predicted octanol–water partition coefficient (Wildman–Crippen LogP) is 4.42. The van der Waals surface area contributed by atoms with Crippen molar-refractivity contribution in [2.24, 2.45) is 0 Å². The summed E-state index contributed by atoms with van der Waals surface area (Å²) in [5, 5.41) is 6.85. The van der Waals surface area contributed by atoms with E-state index in [-0.39, 0.29) is 17.7 Å². The van der Waals surface area contributed by atoms with Gasteiger partial charge in [0.15, 0.2) is 0 Å². The van der Waals surface area contributed by atoms with E-state index in [9.17, 15) is 9.59 Å². The van der Waals surface area contributed by atoms with Gasteiger partial charge in [0.05, 0.1) is 5.92 Å². The van der Waals surface area contributed by atoms with Crippen LogP contribution < -0.4 is 5.32 Å². The Hall–Kier alpha value is -3.74. The Labute approximate surface area is 187 Å². The maximum Gasteiger partial charge on any atom is 0.246 e. The highest BCUT2D eigenvalue weighted by Gasteiger charge is 2.28. The molecule has 2 amide bonds. The van der Waals surface area contributed by atoms with Crippen LogP contribution in [0.1, 0.15) is 42.7 Å². The third-order valence-corrected chi connectivity index (χ3v) is 5.48. The molecule has 7 heteroatoms. The first-order valence-electron chi connectivity index (χ1n) is 10.7. The normalized spacial score (nSPS) is 16.3. The summed E-state index contributed by atoms with van der Waals surface area (Å²) in [6.07, 6.45) is 5.26. The van der Waals surface area contributed by atoms with E-state index in [0.717, 1.165) is 30.5 Å². The minimum absolute atomic E-state index is 0.0106. The van der Waals surface area contributed by atoms with Crippen molar-refractivity contribution in [3.63, 3.8) is 0 Å². The lowest BCUT2D eigenvalue weighted by atomic mass is 9.98. The molecule has 32 heavy (non-hydrogen) atoms. The van der Waals surface area contributed by atoms with Gasteiger partial charge in [0.2, 0.25) is 23.5 Å². The second-order valence-corrected chi connectivity index (χ2v) is 8.08. The fourth-order valence-electron chi connectivity index (χ4n) is 3.75. The van der Waals surface area contributed by atoms with E-state index < -0.39 is 0 Å². The Morgan fingerprint density at radius 2 is 1.88 bits per heavy atom. The number of aryl methyl sites for hydroxylation is 1. The monoisotopic (exact) mass is 430 g/mol. The average Bonchev–Trinajstić information content (AvgIpc) is 3.29. The molecule has 1 saturated heterocycles. The SMILES string of the molecule is CC(=O)Nc1ccc(-c2noc([C@@H]3CCCN(C(=O)/C=C/c4ccc(C)cc4)C3)n2)cc1. The van der Waals surface area contributed by atoms with E-state index in [1.807, 2.05) is 54.3 Å². The second kappa shape index (κ2) is 9.60. The third-order valence-electron chi connectivity index (χ3n) is 5.48. The van der Waals surface area contributed by atoms with E-state index >= 15 is 0 Å². The van der Waals surface area contributed by atoms with Crippen LogP contribution in [-0.2, 0) is 9.59 Å². The van der Waals surface area contributed by atoms with Gasteiger partial charge in [-0.1, -0.05) is 35.0 Å². The second-order valence-electron chi connectivity index (χ2n) is 8.08. The summed E-state index contributed by atoms with van der Waals surface area (Å²) < 4.78 is 5.54. The Kier molecular flexibility index (Phi) is 6.44. The molecule has 2 heterocycles. The van der Waals surface area contributed by atoms with Crippen LogP contribution in [0.5, 0.6) is 0 Å². The highest BCUT2D eigenvalue weighted by atomic mass is 16.5. The highest BCUT2D eigenvalue weighted by molar-refractivity contribution is 5.92. The van der Waals surface area contributed by atoms with E-state index in [0.29, 0.717) is 23.9 Å². The topological polar surface area (TPSA) is 88.3 Å². The van der Waals surface area contributed by atoms with Crippen molar-refractivity contribution in [3.8, 4) is 11.4 Å². The Morgan fingerprint density at radius 3 is 2.59 bits per heavy atom. The number of nitrogens with one attached hydrogen (secondary N) is 1. The molecular weight excluding hydrogens is 404 g/mol. The zero-order chi connectivity index (χ0) is 22.5. The number of anilines is 1. The summed E-state index contributed by atoms with van der Waals surface area (Å²) in [6.45, 7) is 4.78. The van der Waals surface area contributed by atoms with Gasteiger partial charge in [0.1, 0.15) is 0 Å². The Morgan fingerprint density at radius 1 is 1.12 bits per heavy atom. The molecule has 1 aliphatic rings. The lowest BCUT2D eigenvalue weighted by Gasteiger charge is -2.30. The smallest absolute Gasteiger partial charge is 0.246 e. The Bertz CT molecular complexity index is 1120. The van der Waals surface area contributed by atoms with Gasteiger partial charge < -0.3 is 14.7 Å². The van der Waals surface area contributed by atoms with E-state index in [4.69, 9.17) is 4.52 Å². The van der Waals surface area contributed by atoms with Crippen molar-refractivity contribution < 1.29 is 14.1 Å². The van der Waals surface area contributed by atoms with Crippen LogP contribution in [0.4, 0.5) is 5.69 Å². The summed E-state index contributed by atoms with van der Waals surface area (Å²) >= 11 is 0. The molecule has 0 spiro atoms. The van der Waals surface area contributed by atoms with Crippen LogP contribution in [0.3, 0.4) is 0 Å². The van der Waals surface area contributed by atoms with Gasteiger partial charge in [0, 0.05) is 37.3 Å². The molecule has 1 aliphatic heterocycles. The standard InChI is InChI=1S/C25H26N4O3/c1-17-5-7-19(8-6-17)9-14-23(31)29-15-3-4-21(16-29)25-27-24(28-32-25)20-10-12-22(13-11-20)26-18(2)30/h5-14,21H,3-4,15-16H2,1-2H3,(H,26,30)/b14-9+/t21-/m1/s1. The maximum atomic E-state index is 12.7. The van der Waals surface area contributed by atoms with Crippen LogP contribution >= 0.6 is 0 Å². The van der Waals surface area contributed by atoms with Crippen molar-refractivity contribution in [1.82, 2.24) is 15.0 Å². The van der Waals surface area contributed by atoms with Crippen LogP contribution in [0.25, 0.3) is 17.5 Å². The fourth-order valence-corrected chi connectivity index (χ4v) is 3.75. The van der Waals surface area contributed by atoms with E-state index in [2.05, 4.69) is 15.5 Å². The summed E-state index contributed by atoms with van der Waals surface area (Å²) in [5.41, 5.74) is 3.71. The molecule has 1 atom stereocenters. The molecule has 2 aromatic carbocycles. The summed E-state index contributed by atoms with van der Waals surface area (Å²) in [7, 11) is 0. The average molecular weight is 431 g/mol. The Balaban J connectivity index is 1.40. The number of rotatable bonds is 5. The van der Waals surface area contributed by atoms with Gasteiger partial charge in [-0.05, 0) is 55.7 Å². The van der Waals surface area contributed by atoms with Gasteiger partial charge >= 0.3 is 0 Å². The number of hydrogen-bond donors (Lipinski definition) is 1. The van der Waals surface area contributed by atoms with Crippen molar-refractivity contribution in [3.05, 3.63) is 71.6 Å². The highest BCUT2D eigenvalue weighted by Crippen LogP contribution is 2.28. The molecule has 164 valence electrons. The van der Waals surface area contributed by atoms with E-state index in [1.165, 1.54) is 12.5 Å². The van der Waals surface area contributed by atoms with Crippen LogP contribution in [0, 0.1) is 6.92 Å². The minimum Gasteiger partial charge on any atom is -0.339 e. The molecule has 4 rings (SSSR count). The molecule has 0 radical (unpaired) electrons. The number of carbonyl (C=O) groups excluding carboxylic acids is 2. The molecule has 0 saturated carbocycles. The molecule has 0 bridgehead atoms. The maximum absolute atomic E-state index is 12.7. The number of benzene rings is 2. The number of carbonyl (C=O) groups is 2. The lowest BCUT2D eigenvalue weighted by molar-refractivity contribution is -0.127. The summed E-state index contributed by atoms with van der Waals surface area (Å²) in [6, 6.07) is 15.3. The number of nitrogens with zero attached hydrogens (tertiary/aromatic N) is 3. The van der Waals surface area contributed by atoms with Crippen molar-refractivity contribution in [1.29, 1.82) is 0 Å². The summed E-state index contributed by atoms with van der Waals surface area (Å²) in [5.74, 6) is 0.928.